The second-order valence-corrected chi connectivity index (χ2v) is 5.22. The van der Waals surface area contributed by atoms with Gasteiger partial charge in [0.2, 0.25) is 0 Å². The smallest absolute Gasteiger partial charge is 0.344 e. The molecule has 0 fully saturated rings. The number of esters is 1. The first kappa shape index (κ1) is 18.1. The minimum atomic E-state index is -0.487. The number of carbonyl (C=O) groups excluding carboxylic acids is 1. The number of rotatable bonds is 7. The van der Waals surface area contributed by atoms with Crippen molar-refractivity contribution in [3.05, 3.63) is 53.1 Å². The Morgan fingerprint density at radius 3 is 2.32 bits per heavy atom. The average Bonchev–Trinajstić information content (AvgIpc) is 2.65. The Bertz CT molecular complexity index is 778. The summed E-state index contributed by atoms with van der Waals surface area (Å²) in [6.07, 6.45) is 0. The molecule has 0 aromatic heterocycles. The summed E-state index contributed by atoms with van der Waals surface area (Å²) in [4.78, 5) is 11.8. The fourth-order valence-electron chi connectivity index (χ4n) is 2.15. The van der Waals surface area contributed by atoms with Gasteiger partial charge in [0, 0.05) is 0 Å². The molecule has 0 unspecified atom stereocenters. The molecule has 0 saturated carbocycles. The van der Waals surface area contributed by atoms with Crippen molar-refractivity contribution in [2.75, 3.05) is 20.8 Å². The molecule has 6 heteroatoms. The van der Waals surface area contributed by atoms with Gasteiger partial charge in [-0.2, -0.15) is 5.26 Å². The normalized spacial score (nSPS) is 9.84. The van der Waals surface area contributed by atoms with Crippen molar-refractivity contribution < 1.29 is 23.7 Å². The van der Waals surface area contributed by atoms with Crippen LogP contribution in [0.1, 0.15) is 16.7 Å². The van der Waals surface area contributed by atoms with Crippen LogP contribution in [0.4, 0.5) is 0 Å². The number of ether oxygens (including phenoxy) is 4. The van der Waals surface area contributed by atoms with E-state index < -0.39 is 5.97 Å². The van der Waals surface area contributed by atoms with Crippen LogP contribution in [0.5, 0.6) is 17.2 Å². The molecule has 0 aliphatic rings. The minimum Gasteiger partial charge on any atom is -0.493 e. The molecule has 0 N–H and O–H groups in total. The number of methoxy groups -OCH3 is 2. The molecule has 0 aliphatic carbocycles. The van der Waals surface area contributed by atoms with Gasteiger partial charge in [0.15, 0.2) is 18.1 Å². The summed E-state index contributed by atoms with van der Waals surface area (Å²) in [5.41, 5.74) is 2.28. The van der Waals surface area contributed by atoms with Gasteiger partial charge in [-0.05, 0) is 54.4 Å². The largest absolute Gasteiger partial charge is 0.493 e. The minimum absolute atomic E-state index is 0.113. The van der Waals surface area contributed by atoms with E-state index in [0.717, 1.165) is 11.1 Å². The van der Waals surface area contributed by atoms with Gasteiger partial charge in [-0.25, -0.2) is 4.79 Å². The highest BCUT2D eigenvalue weighted by molar-refractivity contribution is 5.71. The topological polar surface area (TPSA) is 77.8 Å². The van der Waals surface area contributed by atoms with Crippen molar-refractivity contribution in [1.29, 1.82) is 5.26 Å². The Labute approximate surface area is 146 Å². The lowest BCUT2D eigenvalue weighted by atomic mass is 10.1. The van der Waals surface area contributed by atoms with Gasteiger partial charge in [0.25, 0.3) is 0 Å². The van der Waals surface area contributed by atoms with Crippen LogP contribution in [0.25, 0.3) is 0 Å². The number of aryl methyl sites for hydroxylation is 1. The zero-order chi connectivity index (χ0) is 18.2. The predicted molar refractivity (Wildman–Crippen MR) is 90.7 cm³/mol. The maximum Gasteiger partial charge on any atom is 0.344 e. The fourth-order valence-corrected chi connectivity index (χ4v) is 2.15. The lowest BCUT2D eigenvalue weighted by molar-refractivity contribution is -0.147. The summed E-state index contributed by atoms with van der Waals surface area (Å²) in [5, 5.41) is 8.74. The van der Waals surface area contributed by atoms with Gasteiger partial charge >= 0.3 is 5.97 Å². The highest BCUT2D eigenvalue weighted by Crippen LogP contribution is 2.30. The van der Waals surface area contributed by atoms with E-state index >= 15 is 0 Å². The maximum atomic E-state index is 11.8. The van der Waals surface area contributed by atoms with E-state index in [1.54, 1.807) is 44.6 Å². The summed E-state index contributed by atoms with van der Waals surface area (Å²) < 4.78 is 21.1. The third kappa shape index (κ3) is 4.88. The lowest BCUT2D eigenvalue weighted by Crippen LogP contribution is -2.15. The molecule has 6 nitrogen and oxygen atoms in total. The number of carbonyl (C=O) groups is 1. The molecule has 0 aliphatic heterocycles. The van der Waals surface area contributed by atoms with E-state index in [0.29, 0.717) is 22.8 Å². The molecule has 0 amide bonds. The van der Waals surface area contributed by atoms with Crippen molar-refractivity contribution in [2.45, 2.75) is 13.5 Å². The molecular formula is C19H19NO5. The summed E-state index contributed by atoms with van der Waals surface area (Å²) in [6, 6.07) is 12.1. The third-order valence-electron chi connectivity index (χ3n) is 3.57. The summed E-state index contributed by atoms with van der Waals surface area (Å²) in [6.45, 7) is 1.80. The second-order valence-electron chi connectivity index (χ2n) is 5.22. The Kier molecular flexibility index (Phi) is 6.24. The van der Waals surface area contributed by atoms with Crippen LogP contribution in [0.2, 0.25) is 0 Å². The monoisotopic (exact) mass is 341 g/mol. The van der Waals surface area contributed by atoms with Crippen molar-refractivity contribution >= 4 is 5.97 Å². The SMILES string of the molecule is COc1cc(C)c(COC(=O)COc2ccc(C#N)cc2)cc1OC. The van der Waals surface area contributed by atoms with Crippen LogP contribution in [0.15, 0.2) is 36.4 Å². The first-order chi connectivity index (χ1) is 12.1. The van der Waals surface area contributed by atoms with Gasteiger partial charge in [-0.15, -0.1) is 0 Å². The summed E-state index contributed by atoms with van der Waals surface area (Å²) in [7, 11) is 3.12. The maximum absolute atomic E-state index is 11.8. The number of hydrogen-bond donors (Lipinski definition) is 0. The Morgan fingerprint density at radius 2 is 1.72 bits per heavy atom. The van der Waals surface area contributed by atoms with Crippen LogP contribution >= 0.6 is 0 Å². The summed E-state index contributed by atoms with van der Waals surface area (Å²) >= 11 is 0. The molecular weight excluding hydrogens is 322 g/mol. The molecule has 0 radical (unpaired) electrons. The molecule has 0 heterocycles. The molecule has 0 spiro atoms. The number of hydrogen-bond acceptors (Lipinski definition) is 6. The van der Waals surface area contributed by atoms with Crippen LogP contribution < -0.4 is 14.2 Å². The van der Waals surface area contributed by atoms with Crippen molar-refractivity contribution in [2.24, 2.45) is 0 Å². The van der Waals surface area contributed by atoms with Crippen LogP contribution in [0, 0.1) is 18.3 Å². The van der Waals surface area contributed by atoms with Crippen LogP contribution in [-0.4, -0.2) is 26.8 Å². The average molecular weight is 341 g/mol. The van der Waals surface area contributed by atoms with Gasteiger partial charge in [0.1, 0.15) is 12.4 Å². The molecule has 2 aromatic carbocycles. The van der Waals surface area contributed by atoms with Crippen LogP contribution in [0.3, 0.4) is 0 Å². The molecule has 130 valence electrons. The molecule has 2 aromatic rings. The molecule has 25 heavy (non-hydrogen) atoms. The van der Waals surface area contributed by atoms with Gasteiger partial charge in [-0.3, -0.25) is 0 Å². The molecule has 0 bridgehead atoms. The Balaban J connectivity index is 1.90. The highest BCUT2D eigenvalue weighted by Gasteiger charge is 2.11. The Hall–Kier alpha value is -3.20. The first-order valence-corrected chi connectivity index (χ1v) is 7.57. The molecule has 2 rings (SSSR count). The first-order valence-electron chi connectivity index (χ1n) is 7.57. The third-order valence-corrected chi connectivity index (χ3v) is 3.57. The number of nitrogens with zero attached hydrogens (tertiary/aromatic N) is 1. The van der Waals surface area contributed by atoms with E-state index in [-0.39, 0.29) is 13.2 Å². The standard InChI is InChI=1S/C19H19NO5/c1-13-8-17(22-2)18(23-3)9-15(13)11-25-19(21)12-24-16-6-4-14(10-20)5-7-16/h4-9H,11-12H2,1-3H3. The van der Waals surface area contributed by atoms with Crippen LogP contribution in [-0.2, 0) is 16.1 Å². The van der Waals surface area contributed by atoms with Gasteiger partial charge < -0.3 is 18.9 Å². The lowest BCUT2D eigenvalue weighted by Gasteiger charge is -2.13. The van der Waals surface area contributed by atoms with E-state index in [9.17, 15) is 4.79 Å². The highest BCUT2D eigenvalue weighted by atomic mass is 16.6. The predicted octanol–water partition coefficient (Wildman–Crippen LogP) is 3.01. The fraction of sp³-hybridized carbons (Fsp3) is 0.263. The number of benzene rings is 2. The van der Waals surface area contributed by atoms with Crippen molar-refractivity contribution in [3.8, 4) is 23.3 Å². The van der Waals surface area contributed by atoms with E-state index in [2.05, 4.69) is 0 Å². The van der Waals surface area contributed by atoms with Crippen molar-refractivity contribution in [1.82, 2.24) is 0 Å². The van der Waals surface area contributed by atoms with E-state index in [4.69, 9.17) is 24.2 Å². The molecule has 0 saturated heterocycles. The van der Waals surface area contributed by atoms with E-state index in [1.165, 1.54) is 0 Å². The Morgan fingerprint density at radius 1 is 1.08 bits per heavy atom. The molecule has 0 atom stereocenters. The zero-order valence-electron chi connectivity index (χ0n) is 14.4. The van der Waals surface area contributed by atoms with Gasteiger partial charge in [-0.1, -0.05) is 0 Å². The second kappa shape index (κ2) is 8.60. The number of nitriles is 1. The zero-order valence-corrected chi connectivity index (χ0v) is 14.4. The van der Waals surface area contributed by atoms with Gasteiger partial charge in [0.05, 0.1) is 25.9 Å². The van der Waals surface area contributed by atoms with Crippen molar-refractivity contribution in [3.63, 3.8) is 0 Å². The summed E-state index contributed by atoms with van der Waals surface area (Å²) in [5.74, 6) is 1.21. The quantitative estimate of drug-likeness (QED) is 0.721. The van der Waals surface area contributed by atoms with E-state index in [1.807, 2.05) is 19.1 Å².